The van der Waals surface area contributed by atoms with Crippen molar-refractivity contribution in [3.8, 4) is 0 Å². The van der Waals surface area contributed by atoms with Gasteiger partial charge in [0, 0.05) is 12.0 Å². The second-order valence-electron chi connectivity index (χ2n) is 4.26. The van der Waals surface area contributed by atoms with Gasteiger partial charge in [-0.15, -0.1) is 0 Å². The zero-order chi connectivity index (χ0) is 9.95. The van der Waals surface area contributed by atoms with E-state index < -0.39 is 5.60 Å². The molecule has 0 aromatic carbocycles. The molecule has 0 aromatic heterocycles. The molecule has 1 fully saturated rings. The maximum atomic E-state index is 10.5. The van der Waals surface area contributed by atoms with Crippen LogP contribution in [-0.2, 0) is 0 Å². The molecule has 0 radical (unpaired) electrons. The minimum Gasteiger partial charge on any atom is -0.389 e. The van der Waals surface area contributed by atoms with Gasteiger partial charge in [0.05, 0.1) is 5.60 Å². The summed E-state index contributed by atoms with van der Waals surface area (Å²) in [7, 11) is 0. The second kappa shape index (κ2) is 4.20. The summed E-state index contributed by atoms with van der Waals surface area (Å²) in [6.45, 7) is 4.82. The van der Waals surface area contributed by atoms with Gasteiger partial charge in [0.1, 0.15) is 0 Å². The number of rotatable bonds is 3. The zero-order valence-electron chi connectivity index (χ0n) is 8.68. The minimum absolute atomic E-state index is 0.0893. The van der Waals surface area contributed by atoms with E-state index in [0.29, 0.717) is 6.54 Å². The zero-order valence-corrected chi connectivity index (χ0v) is 9.49. The number of nitrogens with two attached hydrogens (primary N) is 1. The Morgan fingerprint density at radius 1 is 1.46 bits per heavy atom. The van der Waals surface area contributed by atoms with Crippen molar-refractivity contribution in [1.82, 2.24) is 0 Å². The van der Waals surface area contributed by atoms with Crippen LogP contribution in [0.1, 0.15) is 33.1 Å². The van der Waals surface area contributed by atoms with Crippen molar-refractivity contribution in [3.05, 3.63) is 0 Å². The molecule has 1 unspecified atom stereocenters. The van der Waals surface area contributed by atoms with Crippen molar-refractivity contribution in [2.45, 2.75) is 38.7 Å². The van der Waals surface area contributed by atoms with E-state index in [9.17, 15) is 5.11 Å². The summed E-state index contributed by atoms with van der Waals surface area (Å²) in [4.78, 5) is 0. The first kappa shape index (κ1) is 11.3. The van der Waals surface area contributed by atoms with Gasteiger partial charge in [-0.25, -0.2) is 0 Å². The SMILES string of the molecule is CCC(C)(CN)C1(O)CCSCC1. The van der Waals surface area contributed by atoms with Crippen LogP contribution >= 0.6 is 11.8 Å². The van der Waals surface area contributed by atoms with Crippen molar-refractivity contribution >= 4 is 11.8 Å². The largest absolute Gasteiger partial charge is 0.389 e. The van der Waals surface area contributed by atoms with E-state index in [1.165, 1.54) is 0 Å². The van der Waals surface area contributed by atoms with Gasteiger partial charge in [0.15, 0.2) is 0 Å². The van der Waals surface area contributed by atoms with Gasteiger partial charge in [-0.3, -0.25) is 0 Å². The Balaban J connectivity index is 2.74. The van der Waals surface area contributed by atoms with E-state index in [0.717, 1.165) is 30.8 Å². The molecule has 78 valence electrons. The highest BCUT2D eigenvalue weighted by molar-refractivity contribution is 7.99. The summed E-state index contributed by atoms with van der Waals surface area (Å²) in [5.41, 5.74) is 5.17. The molecule has 13 heavy (non-hydrogen) atoms. The van der Waals surface area contributed by atoms with Crippen LogP contribution < -0.4 is 5.73 Å². The Morgan fingerprint density at radius 2 is 2.00 bits per heavy atom. The Hall–Kier alpha value is 0.270. The third-order valence-corrected chi connectivity index (χ3v) is 4.66. The monoisotopic (exact) mass is 203 g/mol. The Bertz CT molecular complexity index is 162. The van der Waals surface area contributed by atoms with Gasteiger partial charge in [0.25, 0.3) is 0 Å². The van der Waals surface area contributed by atoms with Crippen molar-refractivity contribution in [2.75, 3.05) is 18.1 Å². The van der Waals surface area contributed by atoms with Crippen molar-refractivity contribution in [3.63, 3.8) is 0 Å². The lowest BCUT2D eigenvalue weighted by Gasteiger charge is -2.46. The van der Waals surface area contributed by atoms with Crippen LogP contribution in [0.25, 0.3) is 0 Å². The van der Waals surface area contributed by atoms with Crippen LogP contribution in [0.5, 0.6) is 0 Å². The average molecular weight is 203 g/mol. The Kier molecular flexibility index (Phi) is 3.66. The van der Waals surface area contributed by atoms with Gasteiger partial charge in [0.2, 0.25) is 0 Å². The topological polar surface area (TPSA) is 46.2 Å². The quantitative estimate of drug-likeness (QED) is 0.732. The van der Waals surface area contributed by atoms with Crippen molar-refractivity contribution in [1.29, 1.82) is 0 Å². The molecule has 2 nitrogen and oxygen atoms in total. The molecule has 1 rings (SSSR count). The fraction of sp³-hybridized carbons (Fsp3) is 1.00. The first-order valence-corrected chi connectivity index (χ1v) is 6.24. The Morgan fingerprint density at radius 3 is 2.38 bits per heavy atom. The lowest BCUT2D eigenvalue weighted by atomic mass is 9.68. The third-order valence-electron chi connectivity index (χ3n) is 3.67. The number of hydrogen-bond acceptors (Lipinski definition) is 3. The maximum absolute atomic E-state index is 10.5. The molecular weight excluding hydrogens is 182 g/mol. The summed E-state index contributed by atoms with van der Waals surface area (Å²) in [5, 5.41) is 10.5. The molecule has 3 heteroatoms. The molecule has 0 saturated carbocycles. The van der Waals surface area contributed by atoms with E-state index in [1.54, 1.807) is 0 Å². The minimum atomic E-state index is -0.512. The summed E-state index contributed by atoms with van der Waals surface area (Å²) >= 11 is 1.93. The summed E-state index contributed by atoms with van der Waals surface area (Å²) in [6, 6.07) is 0. The molecule has 1 aliphatic rings. The van der Waals surface area contributed by atoms with Crippen LogP contribution in [0.15, 0.2) is 0 Å². The highest BCUT2D eigenvalue weighted by Gasteiger charge is 2.45. The smallest absolute Gasteiger partial charge is 0.0728 e. The highest BCUT2D eigenvalue weighted by atomic mass is 32.2. The van der Waals surface area contributed by atoms with Crippen LogP contribution in [0.2, 0.25) is 0 Å². The molecule has 0 amide bonds. The summed E-state index contributed by atoms with van der Waals surface area (Å²) < 4.78 is 0. The van der Waals surface area contributed by atoms with E-state index in [1.807, 2.05) is 11.8 Å². The average Bonchev–Trinajstić information content (AvgIpc) is 2.17. The number of aliphatic hydroxyl groups is 1. The molecule has 0 bridgehead atoms. The molecular formula is C10H21NOS. The summed E-state index contributed by atoms with van der Waals surface area (Å²) in [5.74, 6) is 2.15. The van der Waals surface area contributed by atoms with Gasteiger partial charge < -0.3 is 10.8 Å². The standard InChI is InChI=1S/C10H21NOS/c1-3-9(2,8-11)10(12)4-6-13-7-5-10/h12H,3-8,11H2,1-2H3. The number of thioether (sulfide) groups is 1. The normalized spacial score (nSPS) is 26.8. The highest BCUT2D eigenvalue weighted by Crippen LogP contribution is 2.42. The van der Waals surface area contributed by atoms with E-state index in [-0.39, 0.29) is 5.41 Å². The van der Waals surface area contributed by atoms with Crippen LogP contribution in [0.3, 0.4) is 0 Å². The second-order valence-corrected chi connectivity index (χ2v) is 5.49. The lowest BCUT2D eigenvalue weighted by molar-refractivity contribution is -0.0798. The van der Waals surface area contributed by atoms with Gasteiger partial charge in [-0.1, -0.05) is 13.8 Å². The lowest BCUT2D eigenvalue weighted by Crippen LogP contribution is -2.52. The summed E-state index contributed by atoms with van der Waals surface area (Å²) in [6.07, 6.45) is 2.77. The van der Waals surface area contributed by atoms with Crippen molar-refractivity contribution in [2.24, 2.45) is 11.1 Å². The van der Waals surface area contributed by atoms with Crippen LogP contribution in [0, 0.1) is 5.41 Å². The fourth-order valence-corrected chi connectivity index (χ4v) is 3.14. The molecule has 1 atom stereocenters. The third kappa shape index (κ3) is 2.03. The van der Waals surface area contributed by atoms with Gasteiger partial charge >= 0.3 is 0 Å². The maximum Gasteiger partial charge on any atom is 0.0728 e. The van der Waals surface area contributed by atoms with Crippen molar-refractivity contribution < 1.29 is 5.11 Å². The van der Waals surface area contributed by atoms with E-state index in [4.69, 9.17) is 5.73 Å². The van der Waals surface area contributed by atoms with E-state index in [2.05, 4.69) is 13.8 Å². The molecule has 1 aliphatic heterocycles. The molecule has 1 saturated heterocycles. The first-order valence-electron chi connectivity index (χ1n) is 5.08. The Labute approximate surface area is 85.3 Å². The van der Waals surface area contributed by atoms with E-state index >= 15 is 0 Å². The van der Waals surface area contributed by atoms with Gasteiger partial charge in [-0.05, 0) is 30.8 Å². The number of hydrogen-bond donors (Lipinski definition) is 2. The first-order chi connectivity index (χ1) is 6.08. The predicted octanol–water partition coefficient (Wildman–Crippen LogP) is 1.62. The van der Waals surface area contributed by atoms with Crippen LogP contribution in [-0.4, -0.2) is 28.8 Å². The molecule has 1 heterocycles. The molecule has 0 spiro atoms. The molecule has 0 aromatic rings. The van der Waals surface area contributed by atoms with Crippen LogP contribution in [0.4, 0.5) is 0 Å². The predicted molar refractivity (Wildman–Crippen MR) is 59.0 cm³/mol. The molecule has 3 N–H and O–H groups in total. The van der Waals surface area contributed by atoms with Gasteiger partial charge in [-0.2, -0.15) is 11.8 Å². The molecule has 0 aliphatic carbocycles. The fourth-order valence-electron chi connectivity index (χ4n) is 1.98.